The first-order valence-corrected chi connectivity index (χ1v) is 10.6. The van der Waals surface area contributed by atoms with Crippen molar-refractivity contribution in [2.75, 3.05) is 12.4 Å². The predicted octanol–water partition coefficient (Wildman–Crippen LogP) is 5.18. The number of esters is 1. The van der Waals surface area contributed by atoms with Crippen molar-refractivity contribution in [3.63, 3.8) is 0 Å². The standard InChI is InChI=1S/C24H23NO3S/c1-28-24(27)22-18-13-8-14-20(18)29-23(22)25-21(26)15-19(16-9-4-2-5-10-16)17-11-6-3-7-12-17/h2-7,9-12,19H,8,13-15H2,1H3,(H,25,26). The minimum Gasteiger partial charge on any atom is -0.465 e. The maximum Gasteiger partial charge on any atom is 0.341 e. The molecule has 1 aliphatic rings. The summed E-state index contributed by atoms with van der Waals surface area (Å²) in [6.07, 6.45) is 3.17. The summed E-state index contributed by atoms with van der Waals surface area (Å²) in [6, 6.07) is 20.1. The Bertz CT molecular complexity index is 972. The lowest BCUT2D eigenvalue weighted by molar-refractivity contribution is -0.116. The normalized spacial score (nSPS) is 12.6. The topological polar surface area (TPSA) is 55.4 Å². The number of carbonyl (C=O) groups excluding carboxylic acids is 2. The fraction of sp³-hybridized carbons (Fsp3) is 0.250. The van der Waals surface area contributed by atoms with E-state index in [2.05, 4.69) is 5.32 Å². The van der Waals surface area contributed by atoms with Crippen molar-refractivity contribution in [2.45, 2.75) is 31.6 Å². The largest absolute Gasteiger partial charge is 0.465 e. The molecule has 0 saturated carbocycles. The van der Waals surface area contributed by atoms with Crippen LogP contribution in [0.4, 0.5) is 5.00 Å². The Kier molecular flexibility index (Phi) is 5.76. The molecule has 0 unspecified atom stereocenters. The number of benzene rings is 2. The number of anilines is 1. The lowest BCUT2D eigenvalue weighted by Crippen LogP contribution is -2.18. The molecule has 1 N–H and O–H groups in total. The van der Waals surface area contributed by atoms with Gasteiger partial charge in [0, 0.05) is 17.2 Å². The van der Waals surface area contributed by atoms with Crippen LogP contribution in [0.3, 0.4) is 0 Å². The van der Waals surface area contributed by atoms with Gasteiger partial charge in [0.05, 0.1) is 12.7 Å². The van der Waals surface area contributed by atoms with Gasteiger partial charge in [-0.15, -0.1) is 11.3 Å². The molecular weight excluding hydrogens is 382 g/mol. The zero-order chi connectivity index (χ0) is 20.2. The van der Waals surface area contributed by atoms with Gasteiger partial charge in [-0.05, 0) is 36.0 Å². The van der Waals surface area contributed by atoms with Crippen LogP contribution in [0.2, 0.25) is 0 Å². The smallest absolute Gasteiger partial charge is 0.341 e. The van der Waals surface area contributed by atoms with Crippen LogP contribution in [0, 0.1) is 0 Å². The molecule has 0 aliphatic heterocycles. The van der Waals surface area contributed by atoms with Crippen molar-refractivity contribution in [3.8, 4) is 0 Å². The zero-order valence-corrected chi connectivity index (χ0v) is 17.1. The maximum absolute atomic E-state index is 13.0. The molecule has 148 valence electrons. The molecule has 0 saturated heterocycles. The Morgan fingerprint density at radius 2 is 1.62 bits per heavy atom. The van der Waals surface area contributed by atoms with Gasteiger partial charge in [-0.2, -0.15) is 0 Å². The number of hydrogen-bond donors (Lipinski definition) is 1. The Hall–Kier alpha value is -2.92. The van der Waals surface area contributed by atoms with Crippen LogP contribution in [0.25, 0.3) is 0 Å². The average molecular weight is 406 g/mol. The summed E-state index contributed by atoms with van der Waals surface area (Å²) in [4.78, 5) is 26.5. The molecule has 4 nitrogen and oxygen atoms in total. The molecule has 2 aromatic carbocycles. The van der Waals surface area contributed by atoms with Crippen molar-refractivity contribution in [1.29, 1.82) is 0 Å². The number of nitrogens with one attached hydrogen (secondary N) is 1. The van der Waals surface area contributed by atoms with Gasteiger partial charge < -0.3 is 10.1 Å². The molecule has 5 heteroatoms. The summed E-state index contributed by atoms with van der Waals surface area (Å²) in [5.74, 6) is -0.527. The molecule has 4 rings (SSSR count). The van der Waals surface area contributed by atoms with Crippen LogP contribution >= 0.6 is 11.3 Å². The molecule has 1 heterocycles. The van der Waals surface area contributed by atoms with Gasteiger partial charge in [-0.25, -0.2) is 4.79 Å². The fourth-order valence-corrected chi connectivity index (χ4v) is 5.27. The minimum atomic E-state index is -0.373. The van der Waals surface area contributed by atoms with E-state index in [0.29, 0.717) is 17.0 Å². The predicted molar refractivity (Wildman–Crippen MR) is 116 cm³/mol. The average Bonchev–Trinajstić information content (AvgIpc) is 3.33. The van der Waals surface area contributed by atoms with Crippen molar-refractivity contribution in [1.82, 2.24) is 0 Å². The summed E-state index contributed by atoms with van der Waals surface area (Å²) in [7, 11) is 1.38. The van der Waals surface area contributed by atoms with Gasteiger partial charge in [-0.1, -0.05) is 60.7 Å². The number of carbonyl (C=O) groups is 2. The molecule has 0 fully saturated rings. The molecule has 1 aliphatic carbocycles. The number of methoxy groups -OCH3 is 1. The van der Waals surface area contributed by atoms with Gasteiger partial charge in [0.2, 0.25) is 5.91 Å². The second-order valence-corrected chi connectivity index (χ2v) is 8.28. The van der Waals surface area contributed by atoms with Crippen LogP contribution < -0.4 is 5.32 Å². The van der Waals surface area contributed by atoms with E-state index in [-0.39, 0.29) is 17.8 Å². The highest BCUT2D eigenvalue weighted by Crippen LogP contribution is 2.40. The molecule has 29 heavy (non-hydrogen) atoms. The van der Waals surface area contributed by atoms with Gasteiger partial charge in [0.25, 0.3) is 0 Å². The van der Waals surface area contributed by atoms with E-state index in [4.69, 9.17) is 4.74 Å². The number of hydrogen-bond acceptors (Lipinski definition) is 4. The van der Waals surface area contributed by atoms with E-state index >= 15 is 0 Å². The Morgan fingerprint density at radius 3 is 2.21 bits per heavy atom. The van der Waals surface area contributed by atoms with Crippen molar-refractivity contribution in [3.05, 3.63) is 87.8 Å². The van der Waals surface area contributed by atoms with Gasteiger partial charge in [0.1, 0.15) is 5.00 Å². The first-order valence-electron chi connectivity index (χ1n) is 9.80. The first-order chi connectivity index (χ1) is 14.2. The van der Waals surface area contributed by atoms with Crippen molar-refractivity contribution in [2.24, 2.45) is 0 Å². The molecule has 0 bridgehead atoms. The monoisotopic (exact) mass is 405 g/mol. The van der Waals surface area contributed by atoms with Gasteiger partial charge in [0.15, 0.2) is 0 Å². The van der Waals surface area contributed by atoms with Crippen LogP contribution in [0.15, 0.2) is 60.7 Å². The SMILES string of the molecule is COC(=O)c1c(NC(=O)CC(c2ccccc2)c2ccccc2)sc2c1CCC2. The van der Waals surface area contributed by atoms with Crippen LogP contribution in [-0.2, 0) is 22.4 Å². The van der Waals surface area contributed by atoms with Gasteiger partial charge >= 0.3 is 5.97 Å². The molecule has 0 spiro atoms. The number of aryl methyl sites for hydroxylation is 1. The lowest BCUT2D eigenvalue weighted by atomic mass is 9.88. The number of ether oxygens (including phenoxy) is 1. The second-order valence-electron chi connectivity index (χ2n) is 7.18. The molecule has 0 radical (unpaired) electrons. The van der Waals surface area contributed by atoms with Crippen LogP contribution in [0.1, 0.15) is 50.7 Å². The Labute approximate surface area is 174 Å². The zero-order valence-electron chi connectivity index (χ0n) is 16.3. The number of fused-ring (bicyclic) bond motifs is 1. The molecule has 0 atom stereocenters. The fourth-order valence-electron chi connectivity index (χ4n) is 3.97. The summed E-state index contributed by atoms with van der Waals surface area (Å²) in [5, 5.41) is 3.62. The lowest BCUT2D eigenvalue weighted by Gasteiger charge is -2.18. The molecule has 3 aromatic rings. The van der Waals surface area contributed by atoms with Crippen LogP contribution in [0.5, 0.6) is 0 Å². The molecule has 1 aromatic heterocycles. The highest BCUT2D eigenvalue weighted by atomic mass is 32.1. The van der Waals surface area contributed by atoms with Crippen molar-refractivity contribution < 1.29 is 14.3 Å². The van der Waals surface area contributed by atoms with Crippen LogP contribution in [-0.4, -0.2) is 19.0 Å². The molecule has 1 amide bonds. The minimum absolute atomic E-state index is 0.0502. The van der Waals surface area contributed by atoms with E-state index < -0.39 is 0 Å². The third-order valence-electron chi connectivity index (χ3n) is 5.36. The maximum atomic E-state index is 13.0. The number of rotatable bonds is 6. The first kappa shape index (κ1) is 19.4. The third-order valence-corrected chi connectivity index (χ3v) is 6.56. The summed E-state index contributed by atoms with van der Waals surface area (Å²) < 4.78 is 4.98. The van der Waals surface area contributed by atoms with E-state index in [1.165, 1.54) is 23.3 Å². The van der Waals surface area contributed by atoms with E-state index in [9.17, 15) is 9.59 Å². The Balaban J connectivity index is 1.59. The quantitative estimate of drug-likeness (QED) is 0.575. The number of amides is 1. The van der Waals surface area contributed by atoms with E-state index in [1.807, 2.05) is 60.7 Å². The third kappa shape index (κ3) is 4.10. The van der Waals surface area contributed by atoms with Crippen molar-refractivity contribution >= 4 is 28.2 Å². The number of thiophene rings is 1. The summed E-state index contributed by atoms with van der Waals surface area (Å²) in [6.45, 7) is 0. The van der Waals surface area contributed by atoms with E-state index in [1.54, 1.807) is 0 Å². The highest BCUT2D eigenvalue weighted by molar-refractivity contribution is 7.17. The summed E-state index contributed by atoms with van der Waals surface area (Å²) in [5.41, 5.74) is 3.76. The highest BCUT2D eigenvalue weighted by Gasteiger charge is 2.28. The Morgan fingerprint density at radius 1 is 1.00 bits per heavy atom. The van der Waals surface area contributed by atoms with Gasteiger partial charge in [-0.3, -0.25) is 4.79 Å². The second kappa shape index (κ2) is 8.62. The van der Waals surface area contributed by atoms with E-state index in [0.717, 1.165) is 36.0 Å². The molecular formula is C24H23NO3S. The summed E-state index contributed by atoms with van der Waals surface area (Å²) >= 11 is 1.51.